The molecule has 1 aromatic carbocycles. The fraction of sp³-hybridized carbons (Fsp3) is 0.571. The third kappa shape index (κ3) is 5.51. The van der Waals surface area contributed by atoms with Crippen LogP contribution in [0.3, 0.4) is 0 Å². The summed E-state index contributed by atoms with van der Waals surface area (Å²) in [5.74, 6) is 2.02. The van der Waals surface area contributed by atoms with Crippen molar-refractivity contribution in [3.8, 4) is 11.4 Å². The number of rotatable bonds is 8. The van der Waals surface area contributed by atoms with E-state index in [2.05, 4.69) is 31.9 Å². The van der Waals surface area contributed by atoms with Crippen molar-refractivity contribution in [1.29, 1.82) is 0 Å². The van der Waals surface area contributed by atoms with Crippen LogP contribution in [0.2, 0.25) is 0 Å². The zero-order valence-electron chi connectivity index (χ0n) is 17.7. The van der Waals surface area contributed by atoms with Crippen LogP contribution in [0, 0.1) is 0 Å². The molecular formula is C21H31N5O2S. The lowest BCUT2D eigenvalue weighted by molar-refractivity contribution is -0.119. The molecule has 1 aliphatic heterocycles. The smallest absolute Gasteiger partial charge is 0.230 e. The predicted octanol–water partition coefficient (Wildman–Crippen LogP) is 3.44. The zero-order valence-corrected chi connectivity index (χ0v) is 18.5. The maximum absolute atomic E-state index is 12.1. The average molecular weight is 418 g/mol. The van der Waals surface area contributed by atoms with Crippen molar-refractivity contribution >= 4 is 17.7 Å². The third-order valence-electron chi connectivity index (χ3n) is 5.08. The number of carbonyl (C=O) groups excluding carboxylic acids is 1. The van der Waals surface area contributed by atoms with E-state index in [1.54, 1.807) is 7.11 Å². The number of nitrogens with one attached hydrogen (secondary N) is 1. The van der Waals surface area contributed by atoms with Crippen molar-refractivity contribution in [3.63, 3.8) is 0 Å². The topological polar surface area (TPSA) is 72.3 Å². The van der Waals surface area contributed by atoms with E-state index >= 15 is 0 Å². The number of nitrogens with zero attached hydrogens (tertiary/aromatic N) is 4. The van der Waals surface area contributed by atoms with Gasteiger partial charge in [0.2, 0.25) is 5.91 Å². The molecule has 2 heterocycles. The van der Waals surface area contributed by atoms with Gasteiger partial charge in [0.25, 0.3) is 0 Å². The van der Waals surface area contributed by atoms with E-state index in [0.717, 1.165) is 35.5 Å². The molecular weight excluding hydrogens is 386 g/mol. The number of benzene rings is 1. The first-order valence-electron chi connectivity index (χ1n) is 10.3. The van der Waals surface area contributed by atoms with Gasteiger partial charge >= 0.3 is 0 Å². The van der Waals surface area contributed by atoms with Crippen molar-refractivity contribution in [1.82, 2.24) is 25.0 Å². The summed E-state index contributed by atoms with van der Waals surface area (Å²) in [4.78, 5) is 14.6. The second-order valence-electron chi connectivity index (χ2n) is 7.66. The minimum absolute atomic E-state index is 0.0000834. The monoisotopic (exact) mass is 417 g/mol. The van der Waals surface area contributed by atoms with Crippen LogP contribution in [0.15, 0.2) is 29.4 Å². The number of ether oxygens (including phenoxy) is 1. The summed E-state index contributed by atoms with van der Waals surface area (Å²) < 4.78 is 7.37. The largest absolute Gasteiger partial charge is 0.497 e. The molecule has 2 aromatic rings. The summed E-state index contributed by atoms with van der Waals surface area (Å²) in [7, 11) is 1.66. The average Bonchev–Trinajstić information content (AvgIpc) is 3.16. The molecule has 1 saturated heterocycles. The van der Waals surface area contributed by atoms with Crippen molar-refractivity contribution in [2.24, 2.45) is 0 Å². The summed E-state index contributed by atoms with van der Waals surface area (Å²) in [6.45, 7) is 8.27. The molecule has 158 valence electrons. The van der Waals surface area contributed by atoms with E-state index in [4.69, 9.17) is 4.74 Å². The Balaban J connectivity index is 1.88. The highest BCUT2D eigenvalue weighted by Gasteiger charge is 2.25. The molecule has 8 heteroatoms. The van der Waals surface area contributed by atoms with Crippen LogP contribution in [0.5, 0.6) is 5.75 Å². The summed E-state index contributed by atoms with van der Waals surface area (Å²) in [6.07, 6.45) is 3.73. The highest BCUT2D eigenvalue weighted by molar-refractivity contribution is 7.99. The number of amides is 1. The van der Waals surface area contributed by atoms with Crippen LogP contribution in [0.4, 0.5) is 0 Å². The Morgan fingerprint density at radius 2 is 1.83 bits per heavy atom. The standard InChI is InChI=1S/C21H31N5O2S/c1-15(2)22-19(27)14-29-21-24-23-20(16(3)25-12-6-5-7-13-25)26(21)17-8-10-18(28-4)11-9-17/h8-11,15-16H,5-7,12-14H2,1-4H3,(H,22,27). The van der Waals surface area contributed by atoms with Crippen LogP contribution < -0.4 is 10.1 Å². The summed E-state index contributed by atoms with van der Waals surface area (Å²) >= 11 is 1.41. The zero-order chi connectivity index (χ0) is 20.8. The molecule has 1 atom stereocenters. The van der Waals surface area contributed by atoms with E-state index in [0.29, 0.717) is 5.75 Å². The molecule has 0 radical (unpaired) electrons. The molecule has 1 N–H and O–H groups in total. The fourth-order valence-electron chi connectivity index (χ4n) is 3.58. The molecule has 0 aliphatic carbocycles. The molecule has 7 nitrogen and oxygen atoms in total. The summed E-state index contributed by atoms with van der Waals surface area (Å²) in [6, 6.07) is 8.16. The van der Waals surface area contributed by atoms with E-state index in [1.807, 2.05) is 38.1 Å². The number of hydrogen-bond donors (Lipinski definition) is 1. The van der Waals surface area contributed by atoms with Gasteiger partial charge in [-0.2, -0.15) is 0 Å². The number of thioether (sulfide) groups is 1. The van der Waals surface area contributed by atoms with Gasteiger partial charge < -0.3 is 10.1 Å². The Hall–Kier alpha value is -2.06. The molecule has 1 aromatic heterocycles. The number of piperidine rings is 1. The maximum Gasteiger partial charge on any atom is 0.230 e. The van der Waals surface area contributed by atoms with Crippen molar-refractivity contribution in [2.45, 2.75) is 57.3 Å². The SMILES string of the molecule is COc1ccc(-n2c(SCC(=O)NC(C)C)nnc2C(C)N2CCCCC2)cc1. The Labute approximate surface area is 177 Å². The Morgan fingerprint density at radius 1 is 1.14 bits per heavy atom. The van der Waals surface area contributed by atoms with Gasteiger partial charge in [-0.25, -0.2) is 0 Å². The second-order valence-corrected chi connectivity index (χ2v) is 8.60. The Kier molecular flexibility index (Phi) is 7.55. The second kappa shape index (κ2) is 10.1. The highest BCUT2D eigenvalue weighted by Crippen LogP contribution is 2.30. The van der Waals surface area contributed by atoms with Crippen LogP contribution in [-0.2, 0) is 4.79 Å². The molecule has 29 heavy (non-hydrogen) atoms. The first-order valence-corrected chi connectivity index (χ1v) is 11.2. The number of carbonyl (C=O) groups is 1. The first kappa shape index (κ1) is 21.6. The summed E-state index contributed by atoms with van der Waals surface area (Å²) in [5, 5.41) is 12.6. The van der Waals surface area contributed by atoms with Gasteiger partial charge in [-0.05, 0) is 71.0 Å². The van der Waals surface area contributed by atoms with Gasteiger partial charge in [0.1, 0.15) is 5.75 Å². The number of hydrogen-bond acceptors (Lipinski definition) is 6. The fourth-order valence-corrected chi connectivity index (χ4v) is 4.35. The lowest BCUT2D eigenvalue weighted by Gasteiger charge is -2.31. The third-order valence-corrected chi connectivity index (χ3v) is 6.01. The predicted molar refractivity (Wildman–Crippen MR) is 116 cm³/mol. The van der Waals surface area contributed by atoms with Gasteiger partial charge in [0.15, 0.2) is 11.0 Å². The highest BCUT2D eigenvalue weighted by atomic mass is 32.2. The normalized spacial score (nSPS) is 16.0. The molecule has 3 rings (SSSR count). The van der Waals surface area contributed by atoms with Gasteiger partial charge in [0, 0.05) is 11.7 Å². The van der Waals surface area contributed by atoms with Crippen molar-refractivity contribution in [2.75, 3.05) is 26.0 Å². The molecule has 1 fully saturated rings. The lowest BCUT2D eigenvalue weighted by Crippen LogP contribution is -2.33. The number of likely N-dealkylation sites (tertiary alicyclic amines) is 1. The van der Waals surface area contributed by atoms with Crippen molar-refractivity contribution < 1.29 is 9.53 Å². The molecule has 1 unspecified atom stereocenters. The molecule has 1 aliphatic rings. The van der Waals surface area contributed by atoms with E-state index < -0.39 is 0 Å². The molecule has 1 amide bonds. The molecule has 0 saturated carbocycles. The minimum atomic E-state index is -0.0000834. The van der Waals surface area contributed by atoms with E-state index in [-0.39, 0.29) is 18.0 Å². The quantitative estimate of drug-likeness (QED) is 0.664. The van der Waals surface area contributed by atoms with Gasteiger partial charge in [-0.15, -0.1) is 10.2 Å². The van der Waals surface area contributed by atoms with Crippen LogP contribution in [0.25, 0.3) is 5.69 Å². The lowest BCUT2D eigenvalue weighted by atomic mass is 10.1. The van der Waals surface area contributed by atoms with Crippen LogP contribution in [0.1, 0.15) is 51.9 Å². The minimum Gasteiger partial charge on any atom is -0.497 e. The van der Waals surface area contributed by atoms with Crippen molar-refractivity contribution in [3.05, 3.63) is 30.1 Å². The Morgan fingerprint density at radius 3 is 2.45 bits per heavy atom. The van der Waals surface area contributed by atoms with Crippen LogP contribution in [-0.4, -0.2) is 57.6 Å². The van der Waals surface area contributed by atoms with Gasteiger partial charge in [-0.1, -0.05) is 18.2 Å². The van der Waals surface area contributed by atoms with E-state index in [1.165, 1.54) is 31.0 Å². The first-order chi connectivity index (χ1) is 14.0. The number of aromatic nitrogens is 3. The molecule has 0 bridgehead atoms. The Bertz CT molecular complexity index is 800. The van der Waals surface area contributed by atoms with Crippen LogP contribution >= 0.6 is 11.8 Å². The summed E-state index contributed by atoms with van der Waals surface area (Å²) in [5.41, 5.74) is 0.974. The maximum atomic E-state index is 12.1. The van der Waals surface area contributed by atoms with Gasteiger partial charge in [0.05, 0.1) is 18.9 Å². The van der Waals surface area contributed by atoms with Gasteiger partial charge in [-0.3, -0.25) is 14.3 Å². The van der Waals surface area contributed by atoms with E-state index in [9.17, 15) is 4.79 Å². The number of methoxy groups -OCH3 is 1. The molecule has 0 spiro atoms.